The largest absolute Gasteiger partial charge is 0.449 e. The number of aliphatic imine (C=N–C) groups is 1. The van der Waals surface area contributed by atoms with Crippen LogP contribution in [0.4, 0.5) is 17.1 Å². The van der Waals surface area contributed by atoms with Crippen LogP contribution in [0.2, 0.25) is 0 Å². The van der Waals surface area contributed by atoms with Gasteiger partial charge in [-0.3, -0.25) is 25.0 Å². The van der Waals surface area contributed by atoms with Gasteiger partial charge in [-0.2, -0.15) is 0 Å². The number of amides is 1. The number of carbonyl (C=O) groups is 1. The molecular formula is C22H14N4O6S. The standard InChI is InChI=1S/C22H14N4O6S/c27-21-20(33-22(24-21)23-15-7-2-1-3-8-15)12-14-6-4-5-9-18(14)32-19-11-10-16(25(28)29)13-17(19)26(30)31/h1-13H,(H,23,24,27)/b20-12+. The van der Waals surface area contributed by atoms with Gasteiger partial charge in [0.1, 0.15) is 5.75 Å². The first-order chi connectivity index (χ1) is 15.9. The summed E-state index contributed by atoms with van der Waals surface area (Å²) in [5, 5.41) is 25.5. The van der Waals surface area contributed by atoms with Gasteiger partial charge in [0.15, 0.2) is 5.17 Å². The lowest BCUT2D eigenvalue weighted by atomic mass is 10.2. The Morgan fingerprint density at radius 2 is 1.64 bits per heavy atom. The fraction of sp³-hybridized carbons (Fsp3) is 0. The third-order valence-corrected chi connectivity index (χ3v) is 5.32. The fourth-order valence-corrected chi connectivity index (χ4v) is 3.73. The minimum atomic E-state index is -0.754. The second-order valence-corrected chi connectivity index (χ2v) is 7.65. The highest BCUT2D eigenvalue weighted by molar-refractivity contribution is 8.18. The van der Waals surface area contributed by atoms with Gasteiger partial charge >= 0.3 is 5.69 Å². The number of non-ortho nitro benzene ring substituents is 1. The van der Waals surface area contributed by atoms with E-state index in [1.165, 1.54) is 6.07 Å². The van der Waals surface area contributed by atoms with Crippen molar-refractivity contribution in [2.45, 2.75) is 0 Å². The number of hydrogen-bond donors (Lipinski definition) is 1. The molecule has 164 valence electrons. The van der Waals surface area contributed by atoms with E-state index in [1.54, 1.807) is 30.3 Å². The molecule has 1 amide bonds. The van der Waals surface area contributed by atoms with Gasteiger partial charge in [-0.25, -0.2) is 4.99 Å². The molecule has 0 bridgehead atoms. The molecule has 3 aromatic carbocycles. The molecule has 1 fully saturated rings. The predicted molar refractivity (Wildman–Crippen MR) is 124 cm³/mol. The Morgan fingerprint density at radius 3 is 2.36 bits per heavy atom. The second kappa shape index (κ2) is 9.32. The molecule has 3 aromatic rings. The first-order valence-corrected chi connectivity index (χ1v) is 10.3. The fourth-order valence-electron chi connectivity index (χ4n) is 2.90. The zero-order chi connectivity index (χ0) is 23.4. The van der Waals surface area contributed by atoms with Crippen LogP contribution in [-0.4, -0.2) is 20.9 Å². The van der Waals surface area contributed by atoms with Crippen molar-refractivity contribution >= 4 is 46.0 Å². The molecule has 0 aromatic heterocycles. The maximum absolute atomic E-state index is 12.4. The molecular weight excluding hydrogens is 448 g/mol. The summed E-state index contributed by atoms with van der Waals surface area (Å²) in [6.07, 6.45) is 1.58. The van der Waals surface area contributed by atoms with Crippen LogP contribution in [0.15, 0.2) is 82.7 Å². The van der Waals surface area contributed by atoms with Crippen molar-refractivity contribution < 1.29 is 19.4 Å². The SMILES string of the molecule is O=C1NC(=Nc2ccccc2)S/C1=C/c1ccccc1Oc1ccc([N+](=O)[O-])cc1[N+](=O)[O-]. The van der Waals surface area contributed by atoms with E-state index in [2.05, 4.69) is 10.3 Å². The third kappa shape index (κ3) is 5.05. The van der Waals surface area contributed by atoms with Gasteiger partial charge in [0.25, 0.3) is 11.6 Å². The smallest absolute Gasteiger partial charge is 0.318 e. The maximum Gasteiger partial charge on any atom is 0.318 e. The Kier molecular flexibility index (Phi) is 6.13. The van der Waals surface area contributed by atoms with Gasteiger partial charge < -0.3 is 10.1 Å². The third-order valence-electron chi connectivity index (χ3n) is 4.41. The number of rotatable bonds is 6. The van der Waals surface area contributed by atoms with Crippen LogP contribution in [-0.2, 0) is 4.79 Å². The number of benzene rings is 3. The van der Waals surface area contributed by atoms with E-state index in [4.69, 9.17) is 4.74 Å². The Hall–Kier alpha value is -4.51. The Bertz CT molecular complexity index is 1320. The second-order valence-electron chi connectivity index (χ2n) is 6.62. The number of ether oxygens (including phenoxy) is 1. The molecule has 1 N–H and O–H groups in total. The summed E-state index contributed by atoms with van der Waals surface area (Å²) in [5.41, 5.74) is 0.213. The minimum absolute atomic E-state index is 0.161. The van der Waals surface area contributed by atoms with Gasteiger partial charge in [-0.05, 0) is 42.1 Å². The zero-order valence-corrected chi connectivity index (χ0v) is 17.5. The van der Waals surface area contributed by atoms with Crippen LogP contribution in [0.3, 0.4) is 0 Å². The van der Waals surface area contributed by atoms with Crippen molar-refractivity contribution in [1.29, 1.82) is 0 Å². The van der Waals surface area contributed by atoms with E-state index in [9.17, 15) is 25.0 Å². The highest BCUT2D eigenvalue weighted by Gasteiger charge is 2.25. The molecule has 33 heavy (non-hydrogen) atoms. The van der Waals surface area contributed by atoms with Crippen molar-refractivity contribution in [3.63, 3.8) is 0 Å². The molecule has 10 nitrogen and oxygen atoms in total. The van der Waals surface area contributed by atoms with E-state index < -0.39 is 21.2 Å². The molecule has 0 unspecified atom stereocenters. The number of nitro benzene ring substituents is 2. The van der Waals surface area contributed by atoms with Crippen molar-refractivity contribution in [2.24, 2.45) is 4.99 Å². The summed E-state index contributed by atoms with van der Waals surface area (Å²) in [6.45, 7) is 0. The highest BCUT2D eigenvalue weighted by Crippen LogP contribution is 2.37. The van der Waals surface area contributed by atoms with Gasteiger partial charge in [0.2, 0.25) is 5.75 Å². The number of nitro groups is 2. The molecule has 0 atom stereocenters. The number of thioether (sulfide) groups is 1. The van der Waals surface area contributed by atoms with E-state index >= 15 is 0 Å². The predicted octanol–water partition coefficient (Wildman–Crippen LogP) is 5.19. The molecule has 1 heterocycles. The van der Waals surface area contributed by atoms with Crippen molar-refractivity contribution in [1.82, 2.24) is 5.32 Å². The molecule has 0 saturated carbocycles. The van der Waals surface area contributed by atoms with Crippen LogP contribution >= 0.6 is 11.8 Å². The van der Waals surface area contributed by atoms with Crippen LogP contribution < -0.4 is 10.1 Å². The number of nitrogens with zero attached hydrogens (tertiary/aromatic N) is 3. The van der Waals surface area contributed by atoms with E-state index in [0.29, 0.717) is 21.3 Å². The molecule has 1 aliphatic heterocycles. The zero-order valence-electron chi connectivity index (χ0n) is 16.7. The molecule has 4 rings (SSSR count). The Morgan fingerprint density at radius 1 is 0.909 bits per heavy atom. The molecule has 0 spiro atoms. The molecule has 0 radical (unpaired) electrons. The Balaban J connectivity index is 1.63. The monoisotopic (exact) mass is 462 g/mol. The van der Waals surface area contributed by atoms with Crippen LogP contribution in [0.25, 0.3) is 6.08 Å². The summed E-state index contributed by atoms with van der Waals surface area (Å²) in [5.74, 6) is -0.263. The normalized spacial score (nSPS) is 15.5. The van der Waals surface area contributed by atoms with E-state index in [1.807, 2.05) is 30.3 Å². The maximum atomic E-state index is 12.4. The summed E-state index contributed by atoms with van der Waals surface area (Å²) >= 11 is 1.15. The van der Waals surface area contributed by atoms with Crippen LogP contribution in [0.1, 0.15) is 5.56 Å². The first kappa shape index (κ1) is 21.7. The van der Waals surface area contributed by atoms with Gasteiger partial charge in [-0.15, -0.1) is 0 Å². The lowest BCUT2D eigenvalue weighted by Crippen LogP contribution is -2.19. The highest BCUT2D eigenvalue weighted by atomic mass is 32.2. The molecule has 11 heteroatoms. The summed E-state index contributed by atoms with van der Waals surface area (Å²) in [7, 11) is 0. The van der Waals surface area contributed by atoms with Gasteiger partial charge in [-0.1, -0.05) is 36.4 Å². The average Bonchev–Trinajstić information content (AvgIpc) is 3.14. The lowest BCUT2D eigenvalue weighted by Gasteiger charge is -2.09. The van der Waals surface area contributed by atoms with Gasteiger partial charge in [0, 0.05) is 11.6 Å². The number of hydrogen-bond acceptors (Lipinski definition) is 8. The number of nitrogens with one attached hydrogen (secondary N) is 1. The quantitative estimate of drug-likeness (QED) is 0.302. The topological polar surface area (TPSA) is 137 Å². The van der Waals surface area contributed by atoms with Crippen molar-refractivity contribution in [3.05, 3.63) is 103 Å². The van der Waals surface area contributed by atoms with Crippen molar-refractivity contribution in [3.8, 4) is 11.5 Å². The van der Waals surface area contributed by atoms with Gasteiger partial charge in [0.05, 0.1) is 26.5 Å². The van der Waals surface area contributed by atoms with E-state index in [0.717, 1.165) is 23.9 Å². The molecule has 1 saturated heterocycles. The lowest BCUT2D eigenvalue weighted by molar-refractivity contribution is -0.394. The first-order valence-electron chi connectivity index (χ1n) is 9.45. The van der Waals surface area contributed by atoms with Crippen LogP contribution in [0, 0.1) is 20.2 Å². The number of carbonyl (C=O) groups excluding carboxylic acids is 1. The number of para-hydroxylation sites is 2. The number of amidine groups is 1. The average molecular weight is 462 g/mol. The minimum Gasteiger partial charge on any atom is -0.449 e. The summed E-state index contributed by atoms with van der Waals surface area (Å²) in [4.78, 5) is 38.0. The summed E-state index contributed by atoms with van der Waals surface area (Å²) < 4.78 is 5.72. The molecule has 0 aliphatic carbocycles. The van der Waals surface area contributed by atoms with Crippen molar-refractivity contribution in [2.75, 3.05) is 0 Å². The van der Waals surface area contributed by atoms with E-state index in [-0.39, 0.29) is 17.4 Å². The van der Waals surface area contributed by atoms with Crippen LogP contribution in [0.5, 0.6) is 11.5 Å². The molecule has 1 aliphatic rings. The Labute approximate surface area is 190 Å². The summed E-state index contributed by atoms with van der Waals surface area (Å²) in [6, 6.07) is 18.9.